The lowest BCUT2D eigenvalue weighted by atomic mass is 9.79. The highest BCUT2D eigenvalue weighted by Crippen LogP contribution is 2.48. The van der Waals surface area contributed by atoms with Crippen LogP contribution in [0.25, 0.3) is 54.2 Å². The van der Waals surface area contributed by atoms with Crippen LogP contribution in [-0.4, -0.2) is 53.4 Å². The van der Waals surface area contributed by atoms with E-state index < -0.39 is 17.8 Å². The number of carbonyl (C=O) groups is 6. The van der Waals surface area contributed by atoms with Gasteiger partial charge in [0.25, 0.3) is 23.6 Å². The van der Waals surface area contributed by atoms with Crippen LogP contribution in [-0.2, 0) is 15.6 Å². The summed E-state index contributed by atoms with van der Waals surface area (Å²) < 4.78 is 5.57. The normalized spacial score (nSPS) is 14.8. The van der Waals surface area contributed by atoms with Crippen LogP contribution in [0.3, 0.4) is 0 Å². The molecule has 0 radical (unpaired) electrons. The number of amides is 4. The highest BCUT2D eigenvalue weighted by Gasteiger charge is 2.40. The van der Waals surface area contributed by atoms with Crippen LogP contribution in [0.4, 0.5) is 5.69 Å². The van der Waals surface area contributed by atoms with E-state index in [9.17, 15) is 28.8 Å². The fourth-order valence-electron chi connectivity index (χ4n) is 10.0. The molecule has 0 unspecified atom stereocenters. The van der Waals surface area contributed by atoms with Crippen molar-refractivity contribution >= 4 is 84.2 Å². The zero-order valence-corrected chi connectivity index (χ0v) is 35.6. The molecule has 11 rings (SSSR count). The lowest BCUT2D eigenvalue weighted by molar-refractivity contribution is 0.0405. The Labute approximate surface area is 362 Å². The third-order valence-corrected chi connectivity index (χ3v) is 13.1. The Hall–Kier alpha value is -7.52. The molecule has 0 atom stereocenters. The second-order valence-corrected chi connectivity index (χ2v) is 18.9. The number of ether oxygens (including phenoxy) is 1. The number of nitrogens with zero attached hydrogens (tertiary/aromatic N) is 2. The smallest absolute Gasteiger partial charge is 0.338 e. The van der Waals surface area contributed by atoms with E-state index in [-0.39, 0.29) is 47.1 Å². The van der Waals surface area contributed by atoms with Gasteiger partial charge in [-0.15, -0.1) is 0 Å². The van der Waals surface area contributed by atoms with Crippen molar-refractivity contribution < 1.29 is 33.5 Å². The lowest BCUT2D eigenvalue weighted by Gasteiger charge is -2.34. The monoisotopic (exact) mass is 828 g/mol. The number of imide groups is 2. The number of ketones is 1. The predicted molar refractivity (Wildman–Crippen MR) is 244 cm³/mol. The van der Waals surface area contributed by atoms with Crippen molar-refractivity contribution in [2.75, 3.05) is 18.1 Å². The van der Waals surface area contributed by atoms with Crippen molar-refractivity contribution in [2.45, 2.75) is 52.4 Å². The quantitative estimate of drug-likeness (QED) is 0.0733. The molecule has 0 aromatic heterocycles. The molecule has 2 aliphatic heterocycles. The summed E-state index contributed by atoms with van der Waals surface area (Å²) in [5, 5.41) is 5.81. The molecule has 9 heteroatoms. The van der Waals surface area contributed by atoms with Gasteiger partial charge < -0.3 is 4.74 Å². The molecule has 0 fully saturated rings. The number of carbonyl (C=O) groups excluding carboxylic acids is 6. The van der Waals surface area contributed by atoms with Crippen molar-refractivity contribution in [3.63, 3.8) is 0 Å². The van der Waals surface area contributed by atoms with E-state index in [1.165, 1.54) is 11.0 Å². The largest absolute Gasteiger partial charge is 0.460 e. The first-order valence-corrected chi connectivity index (χ1v) is 21.1. The molecule has 4 amide bonds. The first-order valence-electron chi connectivity index (χ1n) is 21.1. The molecule has 0 bridgehead atoms. The van der Waals surface area contributed by atoms with E-state index in [1.807, 2.05) is 48.5 Å². The molecule has 2 heterocycles. The molecule has 0 saturated carbocycles. The zero-order valence-electron chi connectivity index (χ0n) is 35.6. The Balaban J connectivity index is 0.935. The van der Waals surface area contributed by atoms with Crippen LogP contribution in [0, 0.1) is 0 Å². The minimum atomic E-state index is -0.670. The summed E-state index contributed by atoms with van der Waals surface area (Å²) >= 11 is 0. The first kappa shape index (κ1) is 38.4. The summed E-state index contributed by atoms with van der Waals surface area (Å²) in [7, 11) is 0. The van der Waals surface area contributed by atoms with Gasteiger partial charge >= 0.3 is 5.97 Å². The molecule has 0 N–H and O–H groups in total. The van der Waals surface area contributed by atoms with Crippen molar-refractivity contribution in [3.8, 4) is 11.1 Å². The summed E-state index contributed by atoms with van der Waals surface area (Å²) in [6.45, 7) is 12.1. The van der Waals surface area contributed by atoms with E-state index >= 15 is 0 Å². The van der Waals surface area contributed by atoms with Crippen LogP contribution in [0.5, 0.6) is 0 Å². The topological polar surface area (TPSA) is 118 Å². The highest BCUT2D eigenvalue weighted by atomic mass is 16.5. The molecule has 1 aliphatic carbocycles. The van der Waals surface area contributed by atoms with Crippen molar-refractivity contribution in [3.05, 3.63) is 159 Å². The molecule has 308 valence electrons. The Bertz CT molecular complexity index is 3350. The Kier molecular flexibility index (Phi) is 7.93. The van der Waals surface area contributed by atoms with Crippen molar-refractivity contribution in [1.82, 2.24) is 4.90 Å². The predicted octanol–water partition coefficient (Wildman–Crippen LogP) is 10.8. The van der Waals surface area contributed by atoms with Gasteiger partial charge in [0.2, 0.25) is 0 Å². The SMILES string of the molecule is CC(C)(C)c1ccc(C(C)(C)C)c(N2C(=O)c3ccc4c5ccc6c7c(ccc(c8ccc(c3c48)C2=O)c75)C(=O)N(CCOC(=O)c2ccc3c(c2)C(=O)c2ccccc2-3)C6=O)c1. The van der Waals surface area contributed by atoms with E-state index in [0.29, 0.717) is 49.8 Å². The first-order chi connectivity index (χ1) is 30.0. The molecular weight excluding hydrogens is 789 g/mol. The Morgan fingerprint density at radius 3 is 1.51 bits per heavy atom. The third-order valence-electron chi connectivity index (χ3n) is 13.1. The second-order valence-electron chi connectivity index (χ2n) is 18.9. The lowest BCUT2D eigenvalue weighted by Crippen LogP contribution is -2.42. The van der Waals surface area contributed by atoms with Crippen LogP contribution < -0.4 is 4.90 Å². The van der Waals surface area contributed by atoms with E-state index in [1.54, 1.807) is 48.5 Å². The molecule has 3 aliphatic rings. The van der Waals surface area contributed by atoms with Gasteiger partial charge in [-0.25, -0.2) is 9.69 Å². The summed E-state index contributed by atoms with van der Waals surface area (Å²) in [5.74, 6) is -2.63. The van der Waals surface area contributed by atoms with Gasteiger partial charge in [0.1, 0.15) is 6.61 Å². The summed E-state index contributed by atoms with van der Waals surface area (Å²) in [4.78, 5) is 86.4. The summed E-state index contributed by atoms with van der Waals surface area (Å²) in [6, 6.07) is 32.8. The van der Waals surface area contributed by atoms with Crippen LogP contribution in [0.2, 0.25) is 0 Å². The van der Waals surface area contributed by atoms with Crippen LogP contribution in [0.15, 0.2) is 109 Å². The number of hydrogen-bond donors (Lipinski definition) is 0. The minimum absolute atomic E-state index is 0.160. The average molecular weight is 829 g/mol. The van der Waals surface area contributed by atoms with E-state index in [2.05, 4.69) is 47.6 Å². The molecule has 0 saturated heterocycles. The average Bonchev–Trinajstić information content (AvgIpc) is 3.55. The van der Waals surface area contributed by atoms with Gasteiger partial charge in [-0.3, -0.25) is 28.9 Å². The van der Waals surface area contributed by atoms with Crippen LogP contribution in [0.1, 0.15) is 120 Å². The maximum absolute atomic E-state index is 14.7. The van der Waals surface area contributed by atoms with E-state index in [0.717, 1.165) is 59.5 Å². The summed E-state index contributed by atoms with van der Waals surface area (Å²) in [6.07, 6.45) is 0. The molecule has 9 nitrogen and oxygen atoms in total. The zero-order chi connectivity index (χ0) is 44.0. The van der Waals surface area contributed by atoms with Gasteiger partial charge in [-0.05, 0) is 108 Å². The molecule has 8 aromatic carbocycles. The molecule has 63 heavy (non-hydrogen) atoms. The fourth-order valence-corrected chi connectivity index (χ4v) is 10.0. The maximum Gasteiger partial charge on any atom is 0.338 e. The molecular formula is C54H40N2O7. The van der Waals surface area contributed by atoms with Gasteiger partial charge in [0, 0.05) is 44.2 Å². The molecule has 8 aromatic rings. The third kappa shape index (κ3) is 5.35. The van der Waals surface area contributed by atoms with Gasteiger partial charge in [0.15, 0.2) is 5.78 Å². The van der Waals surface area contributed by atoms with Gasteiger partial charge in [0.05, 0.1) is 17.8 Å². The Morgan fingerprint density at radius 1 is 0.492 bits per heavy atom. The standard InChI is InChI=1S/C54H40N2O7/c1-53(2,3)28-12-22-41(54(4,5)6)42(26-28)56-50(60)38-20-16-33-31-14-18-36-45-37(19-15-32(43(31)45)34-17-21-39(51(56)61)46(38)44(33)34)49(59)55(48(36)58)23-24-63-52(62)27-11-13-30-29-9-7-8-10-35(29)47(57)40(30)25-27/h7-22,25-26H,23-24H2,1-6H3. The van der Waals surface area contributed by atoms with Gasteiger partial charge in [-0.2, -0.15) is 0 Å². The number of rotatable bonds is 5. The number of anilines is 1. The summed E-state index contributed by atoms with van der Waals surface area (Å²) in [5.41, 5.74) is 6.23. The fraction of sp³-hybridized carbons (Fsp3) is 0.185. The van der Waals surface area contributed by atoms with Crippen molar-refractivity contribution in [1.29, 1.82) is 0 Å². The maximum atomic E-state index is 14.7. The second kappa shape index (κ2) is 13.0. The van der Waals surface area contributed by atoms with Crippen molar-refractivity contribution in [2.24, 2.45) is 0 Å². The van der Waals surface area contributed by atoms with Gasteiger partial charge in [-0.1, -0.05) is 108 Å². The van der Waals surface area contributed by atoms with E-state index in [4.69, 9.17) is 4.74 Å². The number of fused-ring (bicyclic) bond motifs is 5. The number of hydrogen-bond acceptors (Lipinski definition) is 7. The highest BCUT2D eigenvalue weighted by molar-refractivity contribution is 6.44. The number of esters is 1. The molecule has 0 spiro atoms. The minimum Gasteiger partial charge on any atom is -0.460 e. The number of benzene rings is 8. The van der Waals surface area contributed by atoms with Crippen LogP contribution >= 0.6 is 0 Å². The Morgan fingerprint density at radius 2 is 0.984 bits per heavy atom.